The van der Waals surface area contributed by atoms with E-state index in [1.807, 2.05) is 12.3 Å². The van der Waals surface area contributed by atoms with Crippen molar-refractivity contribution in [2.45, 2.75) is 33.2 Å². The average molecular weight is 359 g/mol. The van der Waals surface area contributed by atoms with E-state index < -0.39 is 0 Å². The Labute approximate surface area is 158 Å². The Morgan fingerprint density at radius 1 is 1.27 bits per heavy atom. The van der Waals surface area contributed by atoms with Crippen molar-refractivity contribution < 1.29 is 0 Å². The second-order valence-electron chi connectivity index (χ2n) is 7.64. The van der Waals surface area contributed by atoms with Gasteiger partial charge >= 0.3 is 0 Å². The largest absolute Gasteiger partial charge is 0.357 e. The van der Waals surface area contributed by atoms with E-state index in [-0.39, 0.29) is 0 Å². The Bertz CT molecular complexity index is 594. The van der Waals surface area contributed by atoms with Gasteiger partial charge in [-0.3, -0.25) is 0 Å². The molecule has 26 heavy (non-hydrogen) atoms. The molecule has 3 rings (SSSR count). The number of guanidine groups is 1. The highest BCUT2D eigenvalue weighted by atomic mass is 15.3. The molecule has 1 atom stereocenters. The number of nitrogens with zero attached hydrogens (tertiary/aromatic N) is 5. The predicted octanol–water partition coefficient (Wildman–Crippen LogP) is 2.03. The highest BCUT2D eigenvalue weighted by molar-refractivity contribution is 5.80. The summed E-state index contributed by atoms with van der Waals surface area (Å²) in [6, 6.07) is 4.20. The van der Waals surface area contributed by atoms with Crippen LogP contribution in [0.4, 0.5) is 5.82 Å². The Balaban J connectivity index is 1.73. The van der Waals surface area contributed by atoms with Crippen LogP contribution in [0.1, 0.15) is 32.3 Å². The molecule has 3 heterocycles. The zero-order valence-corrected chi connectivity index (χ0v) is 16.6. The number of rotatable bonds is 4. The maximum Gasteiger partial charge on any atom is 0.194 e. The molecule has 0 saturated carbocycles. The van der Waals surface area contributed by atoms with Crippen molar-refractivity contribution in [3.05, 3.63) is 23.9 Å². The number of hydrogen-bond donors (Lipinski definition) is 1. The fourth-order valence-corrected chi connectivity index (χ4v) is 3.82. The first-order valence-electron chi connectivity index (χ1n) is 10.1. The molecule has 1 N–H and O–H groups in total. The Morgan fingerprint density at radius 3 is 2.81 bits per heavy atom. The van der Waals surface area contributed by atoms with E-state index >= 15 is 0 Å². The summed E-state index contributed by atoms with van der Waals surface area (Å²) in [6.45, 7) is 12.5. The lowest BCUT2D eigenvalue weighted by Gasteiger charge is -2.34. The molecule has 144 valence electrons. The van der Waals surface area contributed by atoms with E-state index in [0.29, 0.717) is 6.54 Å². The van der Waals surface area contributed by atoms with Crippen LogP contribution in [-0.4, -0.2) is 73.6 Å². The first-order chi connectivity index (χ1) is 12.7. The summed E-state index contributed by atoms with van der Waals surface area (Å²) >= 11 is 0. The van der Waals surface area contributed by atoms with E-state index in [0.717, 1.165) is 63.5 Å². The molecule has 0 spiro atoms. The molecule has 2 aliphatic rings. The SMILES string of the molecule is CCNC(=NCc1cccnc1N1CCN(C)CC1)N1CCCC(C)C1. The summed E-state index contributed by atoms with van der Waals surface area (Å²) in [5.74, 6) is 2.89. The van der Waals surface area contributed by atoms with Gasteiger partial charge in [0.1, 0.15) is 5.82 Å². The van der Waals surface area contributed by atoms with Gasteiger partial charge in [-0.1, -0.05) is 13.0 Å². The molecule has 6 heteroatoms. The van der Waals surface area contributed by atoms with Crippen LogP contribution in [-0.2, 0) is 6.54 Å². The van der Waals surface area contributed by atoms with Crippen molar-refractivity contribution in [2.75, 3.05) is 57.8 Å². The summed E-state index contributed by atoms with van der Waals surface area (Å²) in [5, 5.41) is 3.48. The molecule has 6 nitrogen and oxygen atoms in total. The molecule has 2 fully saturated rings. The van der Waals surface area contributed by atoms with Gasteiger partial charge in [0, 0.05) is 57.6 Å². The van der Waals surface area contributed by atoms with E-state index in [1.165, 1.54) is 18.4 Å². The van der Waals surface area contributed by atoms with Gasteiger partial charge in [-0.05, 0) is 38.8 Å². The summed E-state index contributed by atoms with van der Waals surface area (Å²) in [5.41, 5.74) is 1.22. The number of piperidine rings is 1. The fourth-order valence-electron chi connectivity index (χ4n) is 3.82. The van der Waals surface area contributed by atoms with Crippen LogP contribution in [0.5, 0.6) is 0 Å². The topological polar surface area (TPSA) is 47.0 Å². The highest BCUT2D eigenvalue weighted by Gasteiger charge is 2.20. The van der Waals surface area contributed by atoms with Crippen molar-refractivity contribution in [2.24, 2.45) is 10.9 Å². The van der Waals surface area contributed by atoms with Crippen LogP contribution < -0.4 is 10.2 Å². The van der Waals surface area contributed by atoms with Crippen LogP contribution >= 0.6 is 0 Å². The number of likely N-dealkylation sites (tertiary alicyclic amines) is 1. The third-order valence-corrected chi connectivity index (χ3v) is 5.36. The van der Waals surface area contributed by atoms with Crippen LogP contribution in [0, 0.1) is 5.92 Å². The Kier molecular flexibility index (Phi) is 6.72. The van der Waals surface area contributed by atoms with Crippen LogP contribution in [0.3, 0.4) is 0 Å². The molecular weight excluding hydrogens is 324 g/mol. The molecule has 1 unspecified atom stereocenters. The van der Waals surface area contributed by atoms with Crippen molar-refractivity contribution in [3.8, 4) is 0 Å². The maximum absolute atomic E-state index is 4.97. The third-order valence-electron chi connectivity index (χ3n) is 5.36. The molecule has 2 saturated heterocycles. The van der Waals surface area contributed by atoms with Gasteiger partial charge in [-0.2, -0.15) is 0 Å². The number of pyridine rings is 1. The molecule has 0 bridgehead atoms. The fraction of sp³-hybridized carbons (Fsp3) is 0.700. The van der Waals surface area contributed by atoms with Gasteiger partial charge in [-0.15, -0.1) is 0 Å². The molecular formula is C20H34N6. The Hall–Kier alpha value is -1.82. The third kappa shape index (κ3) is 4.87. The summed E-state index contributed by atoms with van der Waals surface area (Å²) < 4.78 is 0. The standard InChI is InChI=1S/C20H34N6/c1-4-21-20(26-10-6-7-17(2)16-26)23-15-18-8-5-9-22-19(18)25-13-11-24(3)12-14-25/h5,8-9,17H,4,6-7,10-16H2,1-3H3,(H,21,23). The number of likely N-dealkylation sites (N-methyl/N-ethyl adjacent to an activating group) is 1. The highest BCUT2D eigenvalue weighted by Crippen LogP contribution is 2.20. The van der Waals surface area contributed by atoms with Gasteiger partial charge in [0.05, 0.1) is 6.54 Å². The second kappa shape index (κ2) is 9.21. The average Bonchev–Trinajstić information content (AvgIpc) is 2.66. The summed E-state index contributed by atoms with van der Waals surface area (Å²) in [4.78, 5) is 16.8. The van der Waals surface area contributed by atoms with Crippen LogP contribution in [0.2, 0.25) is 0 Å². The predicted molar refractivity (Wildman–Crippen MR) is 109 cm³/mol. The van der Waals surface area contributed by atoms with Gasteiger partial charge in [-0.25, -0.2) is 9.98 Å². The van der Waals surface area contributed by atoms with E-state index in [9.17, 15) is 0 Å². The first-order valence-corrected chi connectivity index (χ1v) is 10.1. The lowest BCUT2D eigenvalue weighted by molar-refractivity contribution is 0.266. The van der Waals surface area contributed by atoms with Crippen molar-refractivity contribution in [1.29, 1.82) is 0 Å². The van der Waals surface area contributed by atoms with Crippen molar-refractivity contribution in [3.63, 3.8) is 0 Å². The Morgan fingerprint density at radius 2 is 2.08 bits per heavy atom. The second-order valence-corrected chi connectivity index (χ2v) is 7.64. The molecule has 0 amide bonds. The van der Waals surface area contributed by atoms with E-state index in [1.54, 1.807) is 0 Å². The number of aromatic nitrogens is 1. The maximum atomic E-state index is 4.97. The first kappa shape index (κ1) is 19.0. The number of anilines is 1. The quantitative estimate of drug-likeness (QED) is 0.659. The molecule has 2 aliphatic heterocycles. The lowest BCUT2D eigenvalue weighted by atomic mass is 10.0. The zero-order chi connectivity index (χ0) is 18.4. The number of aliphatic imine (C=N–C) groups is 1. The van der Waals surface area contributed by atoms with Crippen LogP contribution in [0.15, 0.2) is 23.3 Å². The van der Waals surface area contributed by atoms with E-state index in [4.69, 9.17) is 4.99 Å². The zero-order valence-electron chi connectivity index (χ0n) is 16.6. The number of nitrogens with one attached hydrogen (secondary N) is 1. The summed E-state index contributed by atoms with van der Waals surface area (Å²) in [7, 11) is 2.18. The molecule has 0 aliphatic carbocycles. The molecule has 0 radical (unpaired) electrons. The minimum atomic E-state index is 0.683. The summed E-state index contributed by atoms with van der Waals surface area (Å²) in [6.07, 6.45) is 4.48. The van der Waals surface area contributed by atoms with Crippen molar-refractivity contribution in [1.82, 2.24) is 20.1 Å². The van der Waals surface area contributed by atoms with Gasteiger partial charge in [0.25, 0.3) is 0 Å². The molecule has 0 aromatic carbocycles. The monoisotopic (exact) mass is 358 g/mol. The lowest BCUT2D eigenvalue weighted by Crippen LogP contribution is -2.46. The normalized spacial score (nSPS) is 22.6. The van der Waals surface area contributed by atoms with E-state index in [2.05, 4.69) is 52.0 Å². The smallest absolute Gasteiger partial charge is 0.194 e. The van der Waals surface area contributed by atoms with Crippen LogP contribution in [0.25, 0.3) is 0 Å². The minimum Gasteiger partial charge on any atom is -0.357 e. The van der Waals surface area contributed by atoms with Gasteiger partial charge in [0.2, 0.25) is 0 Å². The molecule has 1 aromatic rings. The minimum absolute atomic E-state index is 0.683. The van der Waals surface area contributed by atoms with Crippen molar-refractivity contribution >= 4 is 11.8 Å². The van der Waals surface area contributed by atoms with Gasteiger partial charge in [0.15, 0.2) is 5.96 Å². The number of hydrogen-bond acceptors (Lipinski definition) is 4. The van der Waals surface area contributed by atoms with Gasteiger partial charge < -0.3 is 20.0 Å². The molecule has 1 aromatic heterocycles. The number of piperazine rings is 1.